The Hall–Kier alpha value is -2.52. The van der Waals surface area contributed by atoms with Crippen LogP contribution in [0.5, 0.6) is 0 Å². The van der Waals surface area contributed by atoms with Crippen molar-refractivity contribution >= 4 is 51.1 Å². The number of amides is 2. The lowest BCUT2D eigenvalue weighted by Gasteiger charge is -2.02. The first kappa shape index (κ1) is 16.3. The monoisotopic (exact) mass is 359 g/mol. The molecule has 2 heterocycles. The highest BCUT2D eigenvalue weighted by molar-refractivity contribution is 8.01. The van der Waals surface area contributed by atoms with Crippen LogP contribution in [0.25, 0.3) is 11.0 Å². The fourth-order valence-electron chi connectivity index (χ4n) is 1.93. The first-order valence-corrected chi connectivity index (χ1v) is 8.75. The molecule has 0 saturated carbocycles. The predicted molar refractivity (Wildman–Crippen MR) is 94.3 cm³/mol. The number of hydrogen-bond acceptors (Lipinski definition) is 7. The Kier molecular flexibility index (Phi) is 4.72. The summed E-state index contributed by atoms with van der Waals surface area (Å²) in [6, 6.07) is 7.33. The van der Waals surface area contributed by atoms with Gasteiger partial charge in [-0.15, -0.1) is 11.8 Å². The number of para-hydroxylation sites is 2. The molecule has 3 N–H and O–H groups in total. The number of hydrogen-bond donors (Lipinski definition) is 2. The number of aryl methyl sites for hydroxylation is 1. The lowest BCUT2D eigenvalue weighted by molar-refractivity contribution is -0.115. The highest BCUT2D eigenvalue weighted by Gasteiger charge is 2.14. The first-order chi connectivity index (χ1) is 11.5. The van der Waals surface area contributed by atoms with Crippen molar-refractivity contribution in [2.75, 3.05) is 11.1 Å². The molecule has 0 fully saturated rings. The van der Waals surface area contributed by atoms with Crippen LogP contribution in [0.1, 0.15) is 16.2 Å². The van der Waals surface area contributed by atoms with Gasteiger partial charge in [0.1, 0.15) is 5.69 Å². The molecular weight excluding hydrogens is 346 g/mol. The number of carbonyl (C=O) groups is 2. The van der Waals surface area contributed by atoms with Crippen molar-refractivity contribution in [1.29, 1.82) is 0 Å². The average molecular weight is 359 g/mol. The maximum atomic E-state index is 12.3. The van der Waals surface area contributed by atoms with Crippen LogP contribution in [-0.4, -0.2) is 32.5 Å². The van der Waals surface area contributed by atoms with Crippen LogP contribution in [0.4, 0.5) is 5.13 Å². The summed E-state index contributed by atoms with van der Waals surface area (Å²) in [7, 11) is 0. The molecule has 1 aromatic carbocycles. The Morgan fingerprint density at radius 2 is 2.00 bits per heavy atom. The minimum absolute atomic E-state index is 0.173. The number of aromatic nitrogens is 3. The second kappa shape index (κ2) is 6.93. The van der Waals surface area contributed by atoms with Crippen molar-refractivity contribution in [3.8, 4) is 0 Å². The van der Waals surface area contributed by atoms with Crippen LogP contribution < -0.4 is 11.1 Å². The van der Waals surface area contributed by atoms with Crippen molar-refractivity contribution in [3.63, 3.8) is 0 Å². The highest BCUT2D eigenvalue weighted by Crippen LogP contribution is 2.32. The van der Waals surface area contributed by atoms with Crippen LogP contribution >= 0.6 is 23.1 Å². The third-order valence-corrected chi connectivity index (χ3v) is 5.46. The molecule has 0 aliphatic heterocycles. The number of primary amides is 1. The van der Waals surface area contributed by atoms with Gasteiger partial charge in [-0.3, -0.25) is 19.9 Å². The number of nitrogens with zero attached hydrogens (tertiary/aromatic N) is 3. The zero-order valence-corrected chi connectivity index (χ0v) is 14.3. The third kappa shape index (κ3) is 3.69. The molecule has 122 valence electrons. The molecule has 2 aromatic heterocycles. The van der Waals surface area contributed by atoms with Gasteiger partial charge in [-0.05, 0) is 19.1 Å². The molecule has 0 radical (unpaired) electrons. The quantitative estimate of drug-likeness (QED) is 0.676. The molecule has 0 saturated heterocycles. The summed E-state index contributed by atoms with van der Waals surface area (Å²) >= 11 is 2.60. The van der Waals surface area contributed by atoms with Crippen LogP contribution in [0, 0.1) is 6.92 Å². The molecule has 2 amide bonds. The number of anilines is 1. The fraction of sp³-hybridized carbons (Fsp3) is 0.133. The first-order valence-electron chi connectivity index (χ1n) is 6.94. The van der Waals surface area contributed by atoms with Crippen molar-refractivity contribution in [1.82, 2.24) is 15.0 Å². The molecular formula is C15H13N5O2S2. The van der Waals surface area contributed by atoms with Crippen LogP contribution in [-0.2, 0) is 4.79 Å². The van der Waals surface area contributed by atoms with Gasteiger partial charge in [0, 0.05) is 0 Å². The Morgan fingerprint density at radius 1 is 1.25 bits per heavy atom. The Bertz CT molecular complexity index is 925. The number of rotatable bonds is 5. The third-order valence-electron chi connectivity index (χ3n) is 3.00. The lowest BCUT2D eigenvalue weighted by atomic mass is 10.3. The van der Waals surface area contributed by atoms with Gasteiger partial charge in [0.05, 0.1) is 32.9 Å². The second-order valence-corrected chi connectivity index (χ2v) is 7.09. The van der Waals surface area contributed by atoms with E-state index in [-0.39, 0.29) is 17.4 Å². The number of thioether (sulfide) groups is 1. The normalized spacial score (nSPS) is 10.7. The van der Waals surface area contributed by atoms with Crippen molar-refractivity contribution in [2.45, 2.75) is 11.1 Å². The molecule has 0 bridgehead atoms. The van der Waals surface area contributed by atoms with E-state index in [9.17, 15) is 9.59 Å². The van der Waals surface area contributed by atoms with Gasteiger partial charge in [0.2, 0.25) is 5.91 Å². The van der Waals surface area contributed by atoms with E-state index in [2.05, 4.69) is 20.3 Å². The number of nitrogens with one attached hydrogen (secondary N) is 1. The Balaban J connectivity index is 1.76. The van der Waals surface area contributed by atoms with E-state index in [0.29, 0.717) is 10.6 Å². The van der Waals surface area contributed by atoms with E-state index < -0.39 is 5.91 Å². The van der Waals surface area contributed by atoms with E-state index in [0.717, 1.165) is 15.4 Å². The van der Waals surface area contributed by atoms with E-state index in [4.69, 9.17) is 5.73 Å². The molecule has 0 aliphatic carbocycles. The van der Waals surface area contributed by atoms with Gasteiger partial charge >= 0.3 is 0 Å². The molecule has 0 atom stereocenters. The summed E-state index contributed by atoms with van der Waals surface area (Å²) in [5, 5.41) is 3.15. The van der Waals surface area contributed by atoms with Gasteiger partial charge in [-0.25, -0.2) is 9.97 Å². The van der Waals surface area contributed by atoms with Crippen LogP contribution in [0.3, 0.4) is 0 Å². The smallest absolute Gasteiger partial charge is 0.277 e. The Labute approximate surface area is 145 Å². The van der Waals surface area contributed by atoms with E-state index in [1.807, 2.05) is 25.1 Å². The maximum absolute atomic E-state index is 12.3. The topological polar surface area (TPSA) is 111 Å². The van der Waals surface area contributed by atoms with Crippen molar-refractivity contribution in [3.05, 3.63) is 41.9 Å². The van der Waals surface area contributed by atoms with E-state index in [1.165, 1.54) is 29.3 Å². The summed E-state index contributed by atoms with van der Waals surface area (Å²) in [4.78, 5) is 36.0. The fourth-order valence-corrected chi connectivity index (χ4v) is 3.81. The predicted octanol–water partition coefficient (Wildman–Crippen LogP) is 2.22. The lowest BCUT2D eigenvalue weighted by Crippen LogP contribution is -2.14. The number of thiazole rings is 1. The van der Waals surface area contributed by atoms with Gasteiger partial charge in [0.15, 0.2) is 5.13 Å². The zero-order chi connectivity index (χ0) is 17.1. The number of nitrogens with two attached hydrogens (primary N) is 1. The molecule has 0 spiro atoms. The minimum atomic E-state index is -0.398. The van der Waals surface area contributed by atoms with E-state index >= 15 is 0 Å². The number of benzene rings is 1. The van der Waals surface area contributed by atoms with Gasteiger partial charge in [-0.2, -0.15) is 0 Å². The van der Waals surface area contributed by atoms with Crippen LogP contribution in [0.2, 0.25) is 0 Å². The van der Waals surface area contributed by atoms with E-state index in [1.54, 1.807) is 6.07 Å². The standard InChI is InChI=1S/C15H13N5O2S2/c1-8-14(23-7-12(16)21)24-15(18-8)20-13(22)11-6-17-9-4-2-3-5-10(9)19-11/h2-6H,7H2,1H3,(H2,16,21)(H,18,20,22). The van der Waals surface area contributed by atoms with Gasteiger partial charge in [0.25, 0.3) is 5.91 Å². The molecule has 0 unspecified atom stereocenters. The van der Waals surface area contributed by atoms with Crippen molar-refractivity contribution < 1.29 is 9.59 Å². The number of carbonyl (C=O) groups excluding carboxylic acids is 2. The average Bonchev–Trinajstić information content (AvgIpc) is 2.91. The summed E-state index contributed by atoms with van der Waals surface area (Å²) in [5.41, 5.74) is 7.47. The summed E-state index contributed by atoms with van der Waals surface area (Å²) in [6.07, 6.45) is 1.43. The maximum Gasteiger partial charge on any atom is 0.277 e. The molecule has 0 aliphatic rings. The van der Waals surface area contributed by atoms with Gasteiger partial charge in [-0.1, -0.05) is 23.5 Å². The SMILES string of the molecule is Cc1nc(NC(=O)c2cnc3ccccc3n2)sc1SCC(N)=O. The minimum Gasteiger partial charge on any atom is -0.369 e. The summed E-state index contributed by atoms with van der Waals surface area (Å²) in [5.74, 6) is -0.606. The van der Waals surface area contributed by atoms with Crippen molar-refractivity contribution in [2.24, 2.45) is 5.73 Å². The van der Waals surface area contributed by atoms with Crippen LogP contribution in [0.15, 0.2) is 34.7 Å². The Morgan fingerprint density at radius 3 is 2.75 bits per heavy atom. The number of fused-ring (bicyclic) bond motifs is 1. The second-order valence-electron chi connectivity index (χ2n) is 4.84. The highest BCUT2D eigenvalue weighted by atomic mass is 32.2. The molecule has 7 nitrogen and oxygen atoms in total. The summed E-state index contributed by atoms with van der Waals surface area (Å²) in [6.45, 7) is 1.81. The molecule has 3 rings (SSSR count). The molecule has 24 heavy (non-hydrogen) atoms. The largest absolute Gasteiger partial charge is 0.369 e. The molecule has 9 heteroatoms. The zero-order valence-electron chi connectivity index (χ0n) is 12.6. The summed E-state index contributed by atoms with van der Waals surface area (Å²) < 4.78 is 0.841. The van der Waals surface area contributed by atoms with Gasteiger partial charge < -0.3 is 5.73 Å². The molecule has 3 aromatic rings.